The largest absolute Gasteiger partial charge is 0.352 e. The number of aryl methyl sites for hydroxylation is 1. The van der Waals surface area contributed by atoms with Crippen LogP contribution in [0.2, 0.25) is 0 Å². The number of hydrogen-bond acceptors (Lipinski definition) is 4. The number of halogens is 1. The summed E-state index contributed by atoms with van der Waals surface area (Å²) in [7, 11) is -3.79. The standard InChI is InChI=1S/C25H34FN3O4S/c1-6-18(3)27-25(31)19(4)28(16-20-12-14-22(26)15-13-20)24(30)17-29(34(5,32)33)23-11-9-8-10-21(23)7-2/h8-15,18-19H,6-7,16-17H2,1-5H3,(H,27,31)/t18-,19+/m1/s1. The van der Waals surface area contributed by atoms with Gasteiger partial charge in [-0.05, 0) is 56.0 Å². The summed E-state index contributed by atoms with van der Waals surface area (Å²) in [5.41, 5.74) is 1.84. The second kappa shape index (κ2) is 12.0. The fraction of sp³-hybridized carbons (Fsp3) is 0.440. The molecule has 2 amide bonds. The second-order valence-electron chi connectivity index (χ2n) is 8.39. The van der Waals surface area contributed by atoms with Crippen molar-refractivity contribution in [2.75, 3.05) is 17.1 Å². The first-order chi connectivity index (χ1) is 16.0. The molecule has 0 aliphatic carbocycles. The predicted molar refractivity (Wildman–Crippen MR) is 132 cm³/mol. The molecule has 2 rings (SSSR count). The lowest BCUT2D eigenvalue weighted by Gasteiger charge is -2.32. The molecule has 0 heterocycles. The molecule has 0 fully saturated rings. The summed E-state index contributed by atoms with van der Waals surface area (Å²) in [6, 6.07) is 11.7. The van der Waals surface area contributed by atoms with Crippen LogP contribution in [-0.4, -0.2) is 50.0 Å². The van der Waals surface area contributed by atoms with Crippen LogP contribution in [-0.2, 0) is 32.6 Å². The molecular weight excluding hydrogens is 457 g/mol. The number of sulfonamides is 1. The lowest BCUT2D eigenvalue weighted by Crippen LogP contribution is -2.52. The van der Waals surface area contributed by atoms with Crippen molar-refractivity contribution in [2.45, 2.75) is 59.2 Å². The van der Waals surface area contributed by atoms with Gasteiger partial charge < -0.3 is 10.2 Å². The van der Waals surface area contributed by atoms with Crippen molar-refractivity contribution in [3.8, 4) is 0 Å². The molecule has 0 saturated carbocycles. The minimum Gasteiger partial charge on any atom is -0.352 e. The molecule has 34 heavy (non-hydrogen) atoms. The molecular formula is C25H34FN3O4S. The minimum absolute atomic E-state index is 0.0290. The van der Waals surface area contributed by atoms with E-state index in [4.69, 9.17) is 0 Å². The second-order valence-corrected chi connectivity index (χ2v) is 10.3. The van der Waals surface area contributed by atoms with E-state index in [1.807, 2.05) is 32.9 Å². The summed E-state index contributed by atoms with van der Waals surface area (Å²) in [5.74, 6) is -1.29. The zero-order chi connectivity index (χ0) is 25.5. The Balaban J connectivity index is 2.41. The maximum atomic E-state index is 13.5. The Morgan fingerprint density at radius 2 is 1.65 bits per heavy atom. The number of nitrogens with zero attached hydrogens (tertiary/aromatic N) is 2. The van der Waals surface area contributed by atoms with E-state index in [1.54, 1.807) is 19.1 Å². The number of benzene rings is 2. The van der Waals surface area contributed by atoms with Crippen LogP contribution in [0.5, 0.6) is 0 Å². The number of amides is 2. The van der Waals surface area contributed by atoms with Crippen molar-refractivity contribution in [1.29, 1.82) is 0 Å². The predicted octanol–water partition coefficient (Wildman–Crippen LogP) is 3.49. The fourth-order valence-electron chi connectivity index (χ4n) is 3.48. The summed E-state index contributed by atoms with van der Waals surface area (Å²) in [4.78, 5) is 27.7. The Bertz CT molecular complexity index is 1090. The molecule has 2 aromatic rings. The maximum absolute atomic E-state index is 13.5. The molecule has 0 bridgehead atoms. The van der Waals surface area contributed by atoms with E-state index in [2.05, 4.69) is 5.32 Å². The maximum Gasteiger partial charge on any atom is 0.244 e. The van der Waals surface area contributed by atoms with Crippen LogP contribution in [0, 0.1) is 5.82 Å². The zero-order valence-electron chi connectivity index (χ0n) is 20.4. The first-order valence-corrected chi connectivity index (χ1v) is 13.2. The molecule has 0 spiro atoms. The zero-order valence-corrected chi connectivity index (χ0v) is 21.2. The molecule has 2 atom stereocenters. The van der Waals surface area contributed by atoms with Gasteiger partial charge in [-0.25, -0.2) is 12.8 Å². The summed E-state index contributed by atoms with van der Waals surface area (Å²) in [5, 5.41) is 2.87. The number of carbonyl (C=O) groups excluding carboxylic acids is 2. The van der Waals surface area contributed by atoms with Crippen molar-refractivity contribution in [1.82, 2.24) is 10.2 Å². The van der Waals surface area contributed by atoms with Gasteiger partial charge in [0.1, 0.15) is 18.4 Å². The van der Waals surface area contributed by atoms with Crippen LogP contribution in [0.15, 0.2) is 48.5 Å². The molecule has 0 saturated heterocycles. The Morgan fingerprint density at radius 3 is 2.21 bits per heavy atom. The van der Waals surface area contributed by atoms with Crippen LogP contribution < -0.4 is 9.62 Å². The average molecular weight is 492 g/mol. The molecule has 0 aromatic heterocycles. The Hall–Kier alpha value is -2.94. The van der Waals surface area contributed by atoms with Gasteiger partial charge in [0.25, 0.3) is 0 Å². The van der Waals surface area contributed by atoms with Crippen molar-refractivity contribution in [3.05, 3.63) is 65.5 Å². The third-order valence-electron chi connectivity index (χ3n) is 5.75. The number of para-hydroxylation sites is 1. The third-order valence-corrected chi connectivity index (χ3v) is 6.88. The van der Waals surface area contributed by atoms with Gasteiger partial charge in [-0.3, -0.25) is 13.9 Å². The molecule has 0 unspecified atom stereocenters. The molecule has 0 aliphatic heterocycles. The molecule has 7 nitrogen and oxygen atoms in total. The molecule has 9 heteroatoms. The van der Waals surface area contributed by atoms with Gasteiger partial charge in [-0.15, -0.1) is 0 Å². The van der Waals surface area contributed by atoms with E-state index in [1.165, 1.54) is 29.2 Å². The van der Waals surface area contributed by atoms with Gasteiger partial charge >= 0.3 is 0 Å². The highest BCUT2D eigenvalue weighted by atomic mass is 32.2. The van der Waals surface area contributed by atoms with Crippen LogP contribution in [0.3, 0.4) is 0 Å². The summed E-state index contributed by atoms with van der Waals surface area (Å²) in [6.07, 6.45) is 2.36. The lowest BCUT2D eigenvalue weighted by molar-refractivity contribution is -0.139. The Kier molecular flexibility index (Phi) is 9.61. The smallest absolute Gasteiger partial charge is 0.244 e. The first kappa shape index (κ1) is 27.3. The van der Waals surface area contributed by atoms with Crippen LogP contribution in [0.25, 0.3) is 0 Å². The van der Waals surface area contributed by atoms with Crippen molar-refractivity contribution >= 4 is 27.5 Å². The highest BCUT2D eigenvalue weighted by Gasteiger charge is 2.31. The number of carbonyl (C=O) groups is 2. The normalized spacial score (nSPS) is 13.1. The number of nitrogens with one attached hydrogen (secondary N) is 1. The van der Waals surface area contributed by atoms with Crippen LogP contribution in [0.4, 0.5) is 10.1 Å². The number of hydrogen-bond donors (Lipinski definition) is 1. The van der Waals surface area contributed by atoms with Gasteiger partial charge in [0.05, 0.1) is 11.9 Å². The first-order valence-electron chi connectivity index (χ1n) is 11.4. The van der Waals surface area contributed by atoms with Gasteiger partial charge in [0.15, 0.2) is 0 Å². The van der Waals surface area contributed by atoms with Crippen LogP contribution >= 0.6 is 0 Å². The summed E-state index contributed by atoms with van der Waals surface area (Å²) < 4.78 is 39.8. The summed E-state index contributed by atoms with van der Waals surface area (Å²) in [6.45, 7) is 6.88. The van der Waals surface area contributed by atoms with Crippen LogP contribution in [0.1, 0.15) is 45.2 Å². The van der Waals surface area contributed by atoms with E-state index >= 15 is 0 Å². The van der Waals surface area contributed by atoms with E-state index in [9.17, 15) is 22.4 Å². The number of rotatable bonds is 11. The van der Waals surface area contributed by atoms with E-state index in [0.717, 1.165) is 22.5 Å². The van der Waals surface area contributed by atoms with Gasteiger partial charge in [0.2, 0.25) is 21.8 Å². The molecule has 0 aliphatic rings. The quantitative estimate of drug-likeness (QED) is 0.521. The Labute approximate surface area is 202 Å². The number of anilines is 1. The Morgan fingerprint density at radius 1 is 1.03 bits per heavy atom. The van der Waals surface area contributed by atoms with E-state index in [0.29, 0.717) is 17.7 Å². The average Bonchev–Trinajstić information content (AvgIpc) is 2.80. The van der Waals surface area contributed by atoms with E-state index < -0.39 is 34.3 Å². The molecule has 186 valence electrons. The summed E-state index contributed by atoms with van der Waals surface area (Å²) >= 11 is 0. The monoisotopic (exact) mass is 491 g/mol. The topological polar surface area (TPSA) is 86.8 Å². The highest BCUT2D eigenvalue weighted by molar-refractivity contribution is 7.92. The third kappa shape index (κ3) is 7.28. The van der Waals surface area contributed by atoms with Crippen molar-refractivity contribution < 1.29 is 22.4 Å². The molecule has 0 radical (unpaired) electrons. The molecule has 1 N–H and O–H groups in total. The van der Waals surface area contributed by atoms with Crippen molar-refractivity contribution in [3.63, 3.8) is 0 Å². The molecule has 2 aromatic carbocycles. The SMILES string of the molecule is CCc1ccccc1N(CC(=O)N(Cc1ccc(F)cc1)[C@@H](C)C(=O)N[C@H](C)CC)S(C)(=O)=O. The van der Waals surface area contributed by atoms with Crippen molar-refractivity contribution in [2.24, 2.45) is 0 Å². The van der Waals surface area contributed by atoms with Gasteiger partial charge in [-0.2, -0.15) is 0 Å². The lowest BCUT2D eigenvalue weighted by atomic mass is 10.1. The van der Waals surface area contributed by atoms with Gasteiger partial charge in [-0.1, -0.05) is 44.2 Å². The highest BCUT2D eigenvalue weighted by Crippen LogP contribution is 2.24. The van der Waals surface area contributed by atoms with E-state index in [-0.39, 0.29) is 18.5 Å². The minimum atomic E-state index is -3.79. The van der Waals surface area contributed by atoms with Gasteiger partial charge in [0, 0.05) is 12.6 Å². The fourth-order valence-corrected chi connectivity index (χ4v) is 4.36.